The molecule has 0 radical (unpaired) electrons. The summed E-state index contributed by atoms with van der Waals surface area (Å²) in [5.41, 5.74) is 0. The zero-order valence-electron chi connectivity index (χ0n) is 10.8. The van der Waals surface area contributed by atoms with E-state index in [0.29, 0.717) is 19.1 Å². The molecule has 8 heteroatoms. The second kappa shape index (κ2) is 5.42. The van der Waals surface area contributed by atoms with Gasteiger partial charge in [0, 0.05) is 38.4 Å². The van der Waals surface area contributed by atoms with Gasteiger partial charge in [-0.1, -0.05) is 23.2 Å². The third-order valence-corrected chi connectivity index (χ3v) is 6.30. The highest BCUT2D eigenvalue weighted by Crippen LogP contribution is 2.29. The molecule has 2 heterocycles. The minimum Gasteiger partial charge on any atom is -0.298 e. The lowest BCUT2D eigenvalue weighted by atomic mass is 10.3. The van der Waals surface area contributed by atoms with Crippen molar-refractivity contribution < 1.29 is 8.42 Å². The molecule has 1 aliphatic carbocycles. The molecule has 1 saturated heterocycles. The summed E-state index contributed by atoms with van der Waals surface area (Å²) >= 11 is 11.6. The molecule has 20 heavy (non-hydrogen) atoms. The van der Waals surface area contributed by atoms with E-state index in [1.165, 1.54) is 29.4 Å². The highest BCUT2D eigenvalue weighted by molar-refractivity contribution is 7.89. The molecule has 110 valence electrons. The van der Waals surface area contributed by atoms with Crippen LogP contribution >= 0.6 is 23.2 Å². The lowest BCUT2D eigenvalue weighted by Gasteiger charge is -2.33. The molecule has 3 rings (SSSR count). The van der Waals surface area contributed by atoms with Crippen molar-refractivity contribution in [1.29, 1.82) is 0 Å². The Morgan fingerprint density at radius 1 is 1.15 bits per heavy atom. The first-order valence-electron chi connectivity index (χ1n) is 6.54. The first-order chi connectivity index (χ1) is 9.48. The fraction of sp³-hybridized carbons (Fsp3) is 0.583. The van der Waals surface area contributed by atoms with E-state index in [4.69, 9.17) is 23.2 Å². The molecule has 0 N–H and O–H groups in total. The number of aromatic nitrogens is 1. The molecular formula is C12H15Cl2N3O2S. The number of hydrogen-bond donors (Lipinski definition) is 0. The zero-order valence-corrected chi connectivity index (χ0v) is 13.1. The summed E-state index contributed by atoms with van der Waals surface area (Å²) in [5, 5.41) is 0.272. The SMILES string of the molecule is O=S(=O)(c1cnc(Cl)c(Cl)c1)N1CCN(C2CC2)CC1. The van der Waals surface area contributed by atoms with Gasteiger partial charge in [-0.3, -0.25) is 4.90 Å². The van der Waals surface area contributed by atoms with Gasteiger partial charge in [0.25, 0.3) is 0 Å². The van der Waals surface area contributed by atoms with E-state index < -0.39 is 10.0 Å². The van der Waals surface area contributed by atoms with Crippen LogP contribution in [0.3, 0.4) is 0 Å². The lowest BCUT2D eigenvalue weighted by molar-refractivity contribution is 0.180. The van der Waals surface area contributed by atoms with Crippen LogP contribution < -0.4 is 0 Å². The maximum absolute atomic E-state index is 12.5. The molecule has 0 amide bonds. The van der Waals surface area contributed by atoms with Crippen LogP contribution in [0.2, 0.25) is 10.2 Å². The van der Waals surface area contributed by atoms with E-state index in [2.05, 4.69) is 9.88 Å². The Morgan fingerprint density at radius 3 is 2.35 bits per heavy atom. The van der Waals surface area contributed by atoms with Gasteiger partial charge in [-0.05, 0) is 18.9 Å². The number of hydrogen-bond acceptors (Lipinski definition) is 4. The second-order valence-corrected chi connectivity index (χ2v) is 7.82. The van der Waals surface area contributed by atoms with Crippen molar-refractivity contribution in [3.05, 3.63) is 22.4 Å². The van der Waals surface area contributed by atoms with E-state index in [1.807, 2.05) is 0 Å². The normalized spacial score (nSPS) is 22.1. The van der Waals surface area contributed by atoms with Crippen LogP contribution in [0, 0.1) is 0 Å². The summed E-state index contributed by atoms with van der Waals surface area (Å²) in [4.78, 5) is 6.27. The smallest absolute Gasteiger partial charge is 0.244 e. The number of rotatable bonds is 3. The van der Waals surface area contributed by atoms with Crippen molar-refractivity contribution in [2.75, 3.05) is 26.2 Å². The standard InChI is InChI=1S/C12H15Cl2N3O2S/c13-11-7-10(8-15-12(11)14)20(18,19)17-5-3-16(4-6-17)9-1-2-9/h7-9H,1-6H2. The average molecular weight is 336 g/mol. The van der Waals surface area contributed by atoms with Crippen molar-refractivity contribution in [3.63, 3.8) is 0 Å². The Labute approximate surface area is 128 Å². The van der Waals surface area contributed by atoms with Gasteiger partial charge in [0.05, 0.1) is 5.02 Å². The lowest BCUT2D eigenvalue weighted by Crippen LogP contribution is -2.49. The fourth-order valence-corrected chi connectivity index (χ4v) is 4.17. The van der Waals surface area contributed by atoms with Crippen LogP contribution in [0.15, 0.2) is 17.2 Å². The third kappa shape index (κ3) is 2.80. The molecule has 1 aliphatic heterocycles. The van der Waals surface area contributed by atoms with Crippen molar-refractivity contribution in [3.8, 4) is 0 Å². The Bertz CT molecular complexity index is 611. The van der Waals surface area contributed by atoms with Gasteiger partial charge >= 0.3 is 0 Å². The van der Waals surface area contributed by atoms with Crippen molar-refractivity contribution in [2.24, 2.45) is 0 Å². The first-order valence-corrected chi connectivity index (χ1v) is 8.73. The minimum atomic E-state index is -3.53. The average Bonchev–Trinajstić information content (AvgIpc) is 3.26. The van der Waals surface area contributed by atoms with Crippen LogP contribution in [0.1, 0.15) is 12.8 Å². The zero-order chi connectivity index (χ0) is 14.3. The number of halogens is 2. The second-order valence-electron chi connectivity index (χ2n) is 5.11. The molecular weight excluding hydrogens is 321 g/mol. The first kappa shape index (κ1) is 14.5. The predicted octanol–water partition coefficient (Wildman–Crippen LogP) is 1.86. The van der Waals surface area contributed by atoms with E-state index in [0.717, 1.165) is 13.1 Å². The summed E-state index contributed by atoms with van der Waals surface area (Å²) < 4.78 is 26.5. The minimum absolute atomic E-state index is 0.103. The monoisotopic (exact) mass is 335 g/mol. The van der Waals surface area contributed by atoms with Crippen LogP contribution in [-0.4, -0.2) is 54.8 Å². The number of piperazine rings is 1. The van der Waals surface area contributed by atoms with Gasteiger partial charge in [-0.25, -0.2) is 13.4 Å². The summed E-state index contributed by atoms with van der Waals surface area (Å²) in [6.45, 7) is 2.61. The number of nitrogens with zero attached hydrogens (tertiary/aromatic N) is 3. The fourth-order valence-electron chi connectivity index (χ4n) is 2.44. The quantitative estimate of drug-likeness (QED) is 0.791. The van der Waals surface area contributed by atoms with Crippen molar-refractivity contribution >= 4 is 33.2 Å². The topological polar surface area (TPSA) is 53.5 Å². The van der Waals surface area contributed by atoms with E-state index in [9.17, 15) is 8.42 Å². The van der Waals surface area contributed by atoms with Gasteiger partial charge in [-0.2, -0.15) is 4.31 Å². The van der Waals surface area contributed by atoms with Crippen LogP contribution in [0.4, 0.5) is 0 Å². The predicted molar refractivity (Wildman–Crippen MR) is 77.6 cm³/mol. The molecule has 1 saturated carbocycles. The highest BCUT2D eigenvalue weighted by atomic mass is 35.5. The van der Waals surface area contributed by atoms with Gasteiger partial charge in [0.15, 0.2) is 0 Å². The Morgan fingerprint density at radius 2 is 1.80 bits per heavy atom. The molecule has 2 aliphatic rings. The molecule has 5 nitrogen and oxygen atoms in total. The van der Waals surface area contributed by atoms with E-state index in [1.54, 1.807) is 0 Å². The summed E-state index contributed by atoms with van der Waals surface area (Å²) in [6, 6.07) is 2.03. The molecule has 0 spiro atoms. The number of sulfonamides is 1. The highest BCUT2D eigenvalue weighted by Gasteiger charge is 2.35. The summed E-state index contributed by atoms with van der Waals surface area (Å²) in [6.07, 6.45) is 3.74. The van der Waals surface area contributed by atoms with E-state index >= 15 is 0 Å². The molecule has 1 aromatic heterocycles. The van der Waals surface area contributed by atoms with Gasteiger partial charge in [-0.15, -0.1) is 0 Å². The molecule has 0 aromatic carbocycles. The van der Waals surface area contributed by atoms with Crippen LogP contribution in [0.25, 0.3) is 0 Å². The molecule has 0 atom stereocenters. The number of pyridine rings is 1. The van der Waals surface area contributed by atoms with Crippen LogP contribution in [0.5, 0.6) is 0 Å². The Balaban J connectivity index is 1.76. The van der Waals surface area contributed by atoms with Gasteiger partial charge in [0.1, 0.15) is 10.0 Å². The largest absolute Gasteiger partial charge is 0.298 e. The molecule has 0 bridgehead atoms. The van der Waals surface area contributed by atoms with E-state index in [-0.39, 0.29) is 15.1 Å². The Hall–Kier alpha value is -0.400. The molecule has 0 unspecified atom stereocenters. The maximum Gasteiger partial charge on any atom is 0.244 e. The van der Waals surface area contributed by atoms with Crippen molar-refractivity contribution in [2.45, 2.75) is 23.8 Å². The van der Waals surface area contributed by atoms with Crippen LogP contribution in [-0.2, 0) is 10.0 Å². The van der Waals surface area contributed by atoms with Gasteiger partial charge in [0.2, 0.25) is 10.0 Å². The van der Waals surface area contributed by atoms with Gasteiger partial charge < -0.3 is 0 Å². The molecule has 1 aromatic rings. The summed E-state index contributed by atoms with van der Waals surface area (Å²) in [7, 11) is -3.53. The summed E-state index contributed by atoms with van der Waals surface area (Å²) in [5.74, 6) is 0. The Kier molecular flexibility index (Phi) is 3.94. The molecule has 2 fully saturated rings. The van der Waals surface area contributed by atoms with Crippen molar-refractivity contribution in [1.82, 2.24) is 14.2 Å². The third-order valence-electron chi connectivity index (χ3n) is 3.75. The maximum atomic E-state index is 12.5.